The maximum atomic E-state index is 12.4. The van der Waals surface area contributed by atoms with Crippen molar-refractivity contribution in [3.63, 3.8) is 0 Å². The SMILES string of the molecule is C.CCOc1nc(C)cc2c1C(c1ccc(C#N)cc1OC)C(C(N)=O)=C(C)N2.CCOc1ncc(C)c2c1C(c1ccc(C#N)cc1OC)C(C(N)=O)=C(C)N2.CCOc1nccc2c1C(c1ccc(C#N)cc1OC)C(C(N)=O)=C(C)N2. The minimum atomic E-state index is -0.548. The number of nitrogens with zero attached hydrogens (tertiary/aromatic N) is 6. The molecule has 0 spiro atoms. The Morgan fingerprint density at radius 1 is 0.524 bits per heavy atom. The topological polar surface area (TPSA) is 331 Å². The van der Waals surface area contributed by atoms with Crippen LogP contribution in [0.25, 0.3) is 0 Å². The summed E-state index contributed by atoms with van der Waals surface area (Å²) in [7, 11) is 4.58. The molecule has 0 saturated carbocycles. The van der Waals surface area contributed by atoms with Crippen molar-refractivity contribution in [2.24, 2.45) is 17.2 Å². The molecule has 9 N–H and O–H groups in total. The first-order chi connectivity index (χ1) is 39.8. The number of anilines is 3. The minimum absolute atomic E-state index is 0. The zero-order valence-corrected chi connectivity index (χ0v) is 47.9. The smallest absolute Gasteiger partial charge is 0.247 e. The van der Waals surface area contributed by atoms with Gasteiger partial charge in [0, 0.05) is 80.0 Å². The molecule has 3 aromatic carbocycles. The van der Waals surface area contributed by atoms with E-state index in [1.165, 1.54) is 21.3 Å². The molecule has 0 fully saturated rings. The Labute approximate surface area is 488 Å². The van der Waals surface area contributed by atoms with Crippen LogP contribution in [0.4, 0.5) is 17.1 Å². The molecular formula is C63H68N12O9. The van der Waals surface area contributed by atoms with E-state index in [2.05, 4.69) is 49.1 Å². The molecule has 3 aromatic heterocycles. The lowest BCUT2D eigenvalue weighted by atomic mass is 9.79. The molecule has 0 radical (unpaired) electrons. The molecule has 434 valence electrons. The molecule has 0 saturated heterocycles. The third-order valence-corrected chi connectivity index (χ3v) is 13.9. The van der Waals surface area contributed by atoms with E-state index in [4.69, 9.17) is 45.6 Å². The predicted molar refractivity (Wildman–Crippen MR) is 318 cm³/mol. The number of rotatable bonds is 15. The normalized spacial score (nSPS) is 15.2. The zero-order chi connectivity index (χ0) is 60.4. The molecule has 0 aliphatic carbocycles. The summed E-state index contributed by atoms with van der Waals surface area (Å²) in [5, 5.41) is 37.4. The fraction of sp³-hybridized carbons (Fsp3) is 0.286. The van der Waals surface area contributed by atoms with Crippen LogP contribution in [-0.4, -0.2) is 73.8 Å². The number of allylic oxidation sites excluding steroid dienone is 3. The largest absolute Gasteiger partial charge is 0.496 e. The number of benzene rings is 3. The van der Waals surface area contributed by atoms with Crippen LogP contribution in [-0.2, 0) is 14.4 Å². The summed E-state index contributed by atoms with van der Waals surface area (Å²) in [4.78, 5) is 50.4. The number of fused-ring (bicyclic) bond motifs is 3. The third-order valence-electron chi connectivity index (χ3n) is 13.9. The van der Waals surface area contributed by atoms with Gasteiger partial charge in [0.1, 0.15) is 17.2 Å². The van der Waals surface area contributed by atoms with Crippen molar-refractivity contribution in [3.05, 3.63) is 174 Å². The minimum Gasteiger partial charge on any atom is -0.496 e. The van der Waals surface area contributed by atoms with Gasteiger partial charge >= 0.3 is 0 Å². The van der Waals surface area contributed by atoms with Crippen molar-refractivity contribution in [1.29, 1.82) is 15.8 Å². The highest BCUT2D eigenvalue weighted by atomic mass is 16.5. The molecule has 6 aromatic rings. The Morgan fingerprint density at radius 3 is 1.31 bits per heavy atom. The highest BCUT2D eigenvalue weighted by Gasteiger charge is 2.40. The molecule has 3 aliphatic heterocycles. The summed E-state index contributed by atoms with van der Waals surface area (Å²) in [6, 6.07) is 25.4. The summed E-state index contributed by atoms with van der Waals surface area (Å²) in [5.74, 6) is -0.479. The number of hydrogen-bond acceptors (Lipinski definition) is 18. The van der Waals surface area contributed by atoms with Crippen LogP contribution in [0.3, 0.4) is 0 Å². The van der Waals surface area contributed by atoms with Gasteiger partial charge in [-0.25, -0.2) is 15.0 Å². The Kier molecular flexibility index (Phi) is 20.3. The molecule has 21 heteroatoms. The first-order valence-corrected chi connectivity index (χ1v) is 26.3. The molecule has 9 rings (SSSR count). The Morgan fingerprint density at radius 2 is 0.905 bits per heavy atom. The molecule has 3 amide bonds. The number of amides is 3. The number of aryl methyl sites for hydroxylation is 2. The van der Waals surface area contributed by atoms with Crippen LogP contribution >= 0.6 is 0 Å². The van der Waals surface area contributed by atoms with Gasteiger partial charge in [0.15, 0.2) is 0 Å². The molecule has 3 atom stereocenters. The molecule has 0 bridgehead atoms. The monoisotopic (exact) mass is 1140 g/mol. The van der Waals surface area contributed by atoms with E-state index in [9.17, 15) is 30.2 Å². The summed E-state index contributed by atoms with van der Waals surface area (Å²) >= 11 is 0. The fourth-order valence-corrected chi connectivity index (χ4v) is 10.5. The fourth-order valence-electron chi connectivity index (χ4n) is 10.5. The number of primary amides is 3. The molecule has 3 aliphatic rings. The van der Waals surface area contributed by atoms with Crippen molar-refractivity contribution in [3.8, 4) is 53.1 Å². The van der Waals surface area contributed by atoms with Crippen LogP contribution in [0.2, 0.25) is 0 Å². The second-order valence-electron chi connectivity index (χ2n) is 19.0. The van der Waals surface area contributed by atoms with Crippen molar-refractivity contribution in [2.45, 2.75) is 80.6 Å². The lowest BCUT2D eigenvalue weighted by Gasteiger charge is -2.32. The van der Waals surface area contributed by atoms with Gasteiger partial charge in [0.25, 0.3) is 0 Å². The van der Waals surface area contributed by atoms with Crippen molar-refractivity contribution < 1.29 is 42.8 Å². The number of aromatic nitrogens is 3. The van der Waals surface area contributed by atoms with Gasteiger partial charge in [0.2, 0.25) is 35.4 Å². The predicted octanol–water partition coefficient (Wildman–Crippen LogP) is 9.28. The van der Waals surface area contributed by atoms with Crippen LogP contribution in [0.5, 0.6) is 34.9 Å². The van der Waals surface area contributed by atoms with Crippen LogP contribution in [0, 0.1) is 47.8 Å². The van der Waals surface area contributed by atoms with Gasteiger partial charge in [0.05, 0.1) is 116 Å². The number of nitrogens with two attached hydrogens (primary N) is 3. The summed E-state index contributed by atoms with van der Waals surface area (Å²) < 4.78 is 33.9. The van der Waals surface area contributed by atoms with E-state index in [0.29, 0.717) is 127 Å². The zero-order valence-electron chi connectivity index (χ0n) is 47.9. The lowest BCUT2D eigenvalue weighted by molar-refractivity contribution is -0.115. The Hall–Kier alpha value is -10.6. The second kappa shape index (κ2) is 27.2. The first-order valence-electron chi connectivity index (χ1n) is 26.3. The van der Waals surface area contributed by atoms with Gasteiger partial charge in [-0.2, -0.15) is 15.8 Å². The van der Waals surface area contributed by atoms with Crippen molar-refractivity contribution in [1.82, 2.24) is 15.0 Å². The van der Waals surface area contributed by atoms with Gasteiger partial charge < -0.3 is 61.6 Å². The van der Waals surface area contributed by atoms with Gasteiger partial charge in [-0.15, -0.1) is 0 Å². The van der Waals surface area contributed by atoms with E-state index < -0.39 is 35.5 Å². The van der Waals surface area contributed by atoms with Gasteiger partial charge in [-0.3, -0.25) is 14.4 Å². The van der Waals surface area contributed by atoms with E-state index >= 15 is 0 Å². The highest BCUT2D eigenvalue weighted by Crippen LogP contribution is 2.51. The molecular weight excluding hydrogens is 1070 g/mol. The van der Waals surface area contributed by atoms with Crippen LogP contribution in [0.15, 0.2) is 113 Å². The third kappa shape index (κ3) is 12.5. The summed E-state index contributed by atoms with van der Waals surface area (Å²) in [6.07, 6.45) is 3.37. The molecule has 84 heavy (non-hydrogen) atoms. The number of ether oxygens (including phenoxy) is 6. The van der Waals surface area contributed by atoms with Crippen LogP contribution in [0.1, 0.15) is 128 Å². The molecule has 3 unspecified atom stereocenters. The Bertz CT molecular complexity index is 3790. The lowest BCUT2D eigenvalue weighted by Crippen LogP contribution is -2.28. The summed E-state index contributed by atoms with van der Waals surface area (Å²) in [5.41, 5.74) is 30.2. The van der Waals surface area contributed by atoms with E-state index in [1.807, 2.05) is 60.6 Å². The standard InChI is InChI=1S/2C21H22N4O3.C20H20N4O3.CH4/c1-5-28-21-18-17(14-7-6-13(9-22)8-15(14)27-4)16(20(23)26)12(3)25-19(18)11(2)10-24-21;1-5-28-21-19-15(8-11(2)24-21)25-12(3)17(20(23)26)18(19)14-7-6-13(10-22)9-16(14)27-4;1-4-27-20-18-14(7-8-23-20)24-11(2)16(19(22)25)17(18)13-6-5-12(10-21)9-15(13)26-3;/h6-8,10,17,25H,5H2,1-4H3,(H2,23,26);6-9,18,25H,5H2,1-4H3,(H2,23,26);5-9,17,24H,4H2,1-3H3,(H2,22,25);1H4. The maximum absolute atomic E-state index is 12.4. The van der Waals surface area contributed by atoms with Crippen molar-refractivity contribution >= 4 is 34.8 Å². The maximum Gasteiger partial charge on any atom is 0.247 e. The average Bonchev–Trinajstić information content (AvgIpc) is 1.77. The number of methoxy groups -OCH3 is 3. The van der Waals surface area contributed by atoms with Crippen molar-refractivity contribution in [2.75, 3.05) is 57.1 Å². The number of nitrogens with one attached hydrogen (secondary N) is 3. The number of carbonyl (C=O) groups excluding carboxylic acids is 3. The van der Waals surface area contributed by atoms with Gasteiger partial charge in [-0.1, -0.05) is 25.6 Å². The first kappa shape index (κ1) is 62.6. The van der Waals surface area contributed by atoms with Crippen LogP contribution < -0.4 is 61.6 Å². The van der Waals surface area contributed by atoms with E-state index in [-0.39, 0.29) is 7.43 Å². The number of pyridine rings is 3. The second-order valence-corrected chi connectivity index (χ2v) is 19.0. The Balaban J connectivity index is 0.000000201. The average molecular weight is 1140 g/mol. The quantitative estimate of drug-likeness (QED) is 0.0557. The number of carbonyl (C=O) groups is 3. The number of nitriles is 3. The number of hydrogen-bond donors (Lipinski definition) is 6. The van der Waals surface area contributed by atoms with Gasteiger partial charge in [-0.05, 0) is 109 Å². The van der Waals surface area contributed by atoms with E-state index in [0.717, 1.165) is 39.4 Å². The molecule has 21 nitrogen and oxygen atoms in total. The summed E-state index contributed by atoms with van der Waals surface area (Å²) in [6.45, 7) is 16.1. The molecule has 6 heterocycles. The van der Waals surface area contributed by atoms with E-state index in [1.54, 1.807) is 73.9 Å². The highest BCUT2D eigenvalue weighted by molar-refractivity contribution is 6.00.